The van der Waals surface area contributed by atoms with Crippen molar-refractivity contribution in [2.24, 2.45) is 0 Å². The van der Waals surface area contributed by atoms with E-state index in [1.165, 1.54) is 0 Å². The van der Waals surface area contributed by atoms with E-state index < -0.39 is 0 Å². The molecule has 0 bridgehead atoms. The van der Waals surface area contributed by atoms with Crippen molar-refractivity contribution in [1.82, 2.24) is 0 Å². The molecule has 0 spiro atoms. The Morgan fingerprint density at radius 2 is 0.667 bits per heavy atom. The first-order valence-electron chi connectivity index (χ1n) is 6.33. The van der Waals surface area contributed by atoms with E-state index >= 15 is 0 Å². The fourth-order valence-corrected chi connectivity index (χ4v) is 0.642. The largest absolute Gasteiger partial charge is 4.00 e. The third-order valence-electron chi connectivity index (χ3n) is 1.11. The van der Waals surface area contributed by atoms with Crippen LogP contribution in [0.2, 0.25) is 34.5 Å². The molecule has 0 atom stereocenters. The molecule has 2 radical (unpaired) electrons. The number of hydrogen-bond acceptors (Lipinski definition) is 0. The van der Waals surface area contributed by atoms with E-state index in [2.05, 4.69) is 34.5 Å². The predicted molar refractivity (Wildman–Crippen MR) is 90.8 cm³/mol. The van der Waals surface area contributed by atoms with Crippen molar-refractivity contribution in [3.63, 3.8) is 0 Å². The van der Waals surface area contributed by atoms with Gasteiger partial charge in [0.05, 0.1) is 0 Å². The van der Waals surface area contributed by atoms with E-state index in [0.29, 0.717) is 0 Å². The fraction of sp³-hybridized carbons (Fsp3) is 0.375. The van der Waals surface area contributed by atoms with Gasteiger partial charge in [0.2, 0.25) is 0 Å². The first-order valence-corrected chi connectivity index (χ1v) is 18.9. The molecule has 0 nitrogen and oxygen atoms in total. The van der Waals surface area contributed by atoms with Crippen molar-refractivity contribution in [3.8, 4) is 0 Å². The maximum Gasteiger partial charge on any atom is 4.00 e. The minimum atomic E-state index is -0.333. The monoisotopic (exact) mass is 486 g/mol. The Morgan fingerprint density at radius 3 is 0.714 bits per heavy atom. The molecule has 0 fully saturated rings. The van der Waals surface area contributed by atoms with E-state index in [9.17, 15) is 0 Å². The van der Waals surface area contributed by atoms with Gasteiger partial charge in [-0.2, -0.15) is 36.4 Å². The second-order valence-electron chi connectivity index (χ2n) is 4.92. The zero-order chi connectivity index (χ0) is 14.2. The first kappa shape index (κ1) is 33.6. The van der Waals surface area contributed by atoms with Crippen molar-refractivity contribution >= 4 is 28.7 Å². The van der Waals surface area contributed by atoms with Gasteiger partial charge >= 0.3 is 85.0 Å². The van der Waals surface area contributed by atoms with Crippen LogP contribution < -0.4 is 24.8 Å². The molecule has 0 saturated carbocycles. The molecule has 2 aromatic carbocycles. The molecular formula is C16H28Cl2Ge2Ti. The summed E-state index contributed by atoms with van der Waals surface area (Å²) in [5, 5.41) is 0. The van der Waals surface area contributed by atoms with Gasteiger partial charge in [0.25, 0.3) is 0 Å². The van der Waals surface area contributed by atoms with Crippen LogP contribution in [0.5, 0.6) is 0 Å². The summed E-state index contributed by atoms with van der Waals surface area (Å²) in [5.41, 5.74) is 0. The van der Waals surface area contributed by atoms with Gasteiger partial charge in [0.15, 0.2) is 0 Å². The van der Waals surface area contributed by atoms with E-state index in [0.717, 1.165) is 0 Å². The van der Waals surface area contributed by atoms with Gasteiger partial charge in [-0.3, -0.25) is 0 Å². The molecule has 0 aliphatic rings. The van der Waals surface area contributed by atoms with Crippen LogP contribution in [0.1, 0.15) is 0 Å². The molecule has 0 aliphatic carbocycles. The molecule has 0 aliphatic heterocycles. The van der Waals surface area contributed by atoms with Crippen molar-refractivity contribution in [2.45, 2.75) is 34.5 Å². The average molecular weight is 484 g/mol. The summed E-state index contributed by atoms with van der Waals surface area (Å²) in [4.78, 5) is 0. The van der Waals surface area contributed by atoms with Crippen LogP contribution >= 0.6 is 0 Å². The smallest absolute Gasteiger partial charge is 1.00 e. The minimum Gasteiger partial charge on any atom is -1.00 e. The molecule has 0 heterocycles. The molecule has 0 N–H and O–H groups in total. The Morgan fingerprint density at radius 1 is 0.524 bits per heavy atom. The maximum atomic E-state index is 2.33. The Hall–Kier alpha value is 1.08. The first-order chi connectivity index (χ1) is 8.46. The van der Waals surface area contributed by atoms with Crippen molar-refractivity contribution in [3.05, 3.63) is 60.7 Å². The van der Waals surface area contributed by atoms with Crippen LogP contribution in [0.15, 0.2) is 60.7 Å². The molecule has 5 heteroatoms. The minimum absolute atomic E-state index is 0. The van der Waals surface area contributed by atoms with E-state index in [1.807, 2.05) is 60.7 Å². The normalized spacial score (nSPS) is 7.24. The predicted octanol–water partition coefficient (Wildman–Crippen LogP) is -0.442. The van der Waals surface area contributed by atoms with Crippen LogP contribution in [0, 0.1) is 0 Å². The molecule has 118 valence electrons. The number of halogens is 2. The Balaban J connectivity index is -0.0000000522. The summed E-state index contributed by atoms with van der Waals surface area (Å²) < 4.78 is 0. The third-order valence-corrected chi connectivity index (χ3v) is 1.11. The van der Waals surface area contributed by atoms with Gasteiger partial charge in [-0.15, -0.1) is 0 Å². The number of hydrogen-bond donors (Lipinski definition) is 0. The van der Waals surface area contributed by atoms with Gasteiger partial charge in [-0.05, 0) is 0 Å². The van der Waals surface area contributed by atoms with Crippen LogP contribution in [0.3, 0.4) is 0 Å². The fourth-order valence-electron chi connectivity index (χ4n) is 0.642. The number of rotatable bonds is 0. The zero-order valence-corrected chi connectivity index (χ0v) is 21.3. The van der Waals surface area contributed by atoms with Crippen molar-refractivity contribution < 1.29 is 46.5 Å². The molecule has 2 rings (SSSR count). The molecular weight excluding hydrogens is 456 g/mol. The van der Waals surface area contributed by atoms with Crippen molar-refractivity contribution in [2.75, 3.05) is 0 Å². The van der Waals surface area contributed by atoms with Crippen LogP contribution in [0.4, 0.5) is 0 Å². The van der Waals surface area contributed by atoms with E-state index in [1.54, 1.807) is 0 Å². The Bertz CT molecular complexity index is 224. The molecule has 2 aromatic rings. The van der Waals surface area contributed by atoms with Gasteiger partial charge < -0.3 is 24.8 Å². The van der Waals surface area contributed by atoms with E-state index in [4.69, 9.17) is 0 Å². The van der Waals surface area contributed by atoms with Crippen molar-refractivity contribution in [1.29, 1.82) is 0 Å². The molecule has 21 heavy (non-hydrogen) atoms. The Kier molecular flexibility index (Phi) is 46.7. The van der Waals surface area contributed by atoms with Crippen LogP contribution in [0.25, 0.3) is 0 Å². The van der Waals surface area contributed by atoms with Crippen LogP contribution in [-0.4, -0.2) is 28.7 Å². The van der Waals surface area contributed by atoms with Gasteiger partial charge in [-0.1, -0.05) is 0 Å². The Labute approximate surface area is 169 Å². The summed E-state index contributed by atoms with van der Waals surface area (Å²) in [6.07, 6.45) is 0. The molecule has 0 aromatic heterocycles. The summed E-state index contributed by atoms with van der Waals surface area (Å²) in [5.74, 6) is 14.0. The quantitative estimate of drug-likeness (QED) is 0.352. The maximum absolute atomic E-state index is 2.33. The van der Waals surface area contributed by atoms with Gasteiger partial charge in [0.1, 0.15) is 0 Å². The van der Waals surface area contributed by atoms with Gasteiger partial charge in [-0.25, -0.2) is 24.3 Å². The summed E-state index contributed by atoms with van der Waals surface area (Å²) in [6, 6.07) is 20.0. The molecule has 0 unspecified atom stereocenters. The molecule has 0 amide bonds. The topological polar surface area (TPSA) is 0 Å². The van der Waals surface area contributed by atoms with Gasteiger partial charge in [0, 0.05) is 0 Å². The SMILES string of the molecule is [CH3][Ge]([CH3])[CH3].[CH3][Ge]([CH3])[CH3].[Cl-].[Cl-].[Ti+4].c1cc[cH-]c1.c1cc[cH-]c1. The second kappa shape index (κ2) is 29.1. The van der Waals surface area contributed by atoms with E-state index in [-0.39, 0.29) is 75.2 Å². The summed E-state index contributed by atoms with van der Waals surface area (Å²) in [7, 11) is 0. The van der Waals surface area contributed by atoms with Crippen LogP contribution in [-0.2, 0) is 21.7 Å². The third kappa shape index (κ3) is 62.5. The standard InChI is InChI=1S/2C5H5.2C3H9Ge.2ClH.Ti/c2*1-2-4-5-3-1;2*1-4(2)3;;;/h2*1-5H;2*1-3H3;2*1H;/q2*-1;;;;;+4/p-2. The average Bonchev–Trinajstić information content (AvgIpc) is 2.96. The molecule has 0 saturated heterocycles. The second-order valence-corrected chi connectivity index (χ2v) is 17.5. The summed E-state index contributed by atoms with van der Waals surface area (Å²) >= 11 is -0.667. The zero-order valence-electron chi connectivity index (χ0n) is 14.0. The summed E-state index contributed by atoms with van der Waals surface area (Å²) in [6.45, 7) is 0.